The predicted octanol–water partition coefficient (Wildman–Crippen LogP) is 2.84. The van der Waals surface area contributed by atoms with Crippen LogP contribution in [-0.4, -0.2) is 33.2 Å². The highest BCUT2D eigenvalue weighted by Crippen LogP contribution is 2.30. The van der Waals surface area contributed by atoms with E-state index in [0.717, 1.165) is 35.0 Å². The maximum absolute atomic E-state index is 12.6. The summed E-state index contributed by atoms with van der Waals surface area (Å²) >= 11 is 3.20. The summed E-state index contributed by atoms with van der Waals surface area (Å²) in [4.78, 5) is 15.6. The Morgan fingerprint density at radius 2 is 1.79 bits per heavy atom. The molecule has 0 radical (unpaired) electrons. The molecule has 0 unspecified atom stereocenters. The number of aromatic nitrogens is 3. The topological polar surface area (TPSA) is 94.2 Å². The van der Waals surface area contributed by atoms with Crippen LogP contribution in [0.15, 0.2) is 63.1 Å². The van der Waals surface area contributed by atoms with Crippen LogP contribution in [0.4, 0.5) is 13.2 Å². The van der Waals surface area contributed by atoms with Crippen LogP contribution >= 0.6 is 15.9 Å². The quantitative estimate of drug-likeness (QED) is 0.583. The monoisotopic (exact) mass is 477 g/mol. The lowest BCUT2D eigenvalue weighted by molar-refractivity contribution is -0.0436. The smallest absolute Gasteiger partial charge is 0.493 e. The van der Waals surface area contributed by atoms with Gasteiger partial charge in [0, 0.05) is 6.20 Å². The van der Waals surface area contributed by atoms with Crippen LogP contribution in [0.1, 0.15) is 5.56 Å². The second-order valence-electron chi connectivity index (χ2n) is 5.66. The molecule has 0 spiro atoms. The molecule has 0 aliphatic rings. The van der Waals surface area contributed by atoms with Crippen molar-refractivity contribution in [3.63, 3.8) is 0 Å². The second-order valence-corrected chi connectivity index (χ2v) is 8.42. The van der Waals surface area contributed by atoms with E-state index in [1.165, 1.54) is 10.8 Å². The first-order valence-electron chi connectivity index (χ1n) is 7.54. The summed E-state index contributed by atoms with van der Waals surface area (Å²) in [5, 5.41) is 10.1. The van der Waals surface area contributed by atoms with Gasteiger partial charge in [0.15, 0.2) is 0 Å². The van der Waals surface area contributed by atoms with E-state index in [1.54, 1.807) is 12.1 Å². The number of pyridine rings is 1. The van der Waals surface area contributed by atoms with Crippen LogP contribution in [0.25, 0.3) is 5.69 Å². The molecule has 0 aliphatic carbocycles. The lowest BCUT2D eigenvalue weighted by atomic mass is 10.3. The van der Waals surface area contributed by atoms with Gasteiger partial charge in [-0.05, 0) is 57.9 Å². The Hall–Kier alpha value is -2.60. The highest BCUT2D eigenvalue weighted by Gasteiger charge is 2.46. The van der Waals surface area contributed by atoms with Gasteiger partial charge >= 0.3 is 11.2 Å². The molecule has 0 saturated carbocycles. The van der Waals surface area contributed by atoms with Gasteiger partial charge in [-0.2, -0.15) is 13.2 Å². The van der Waals surface area contributed by atoms with Gasteiger partial charge in [-0.1, -0.05) is 0 Å². The van der Waals surface area contributed by atoms with Gasteiger partial charge in [0.05, 0.1) is 23.3 Å². The van der Waals surface area contributed by atoms with E-state index in [9.17, 15) is 31.5 Å². The summed E-state index contributed by atoms with van der Waals surface area (Å²) < 4.78 is 63.3. The number of rotatable bonds is 4. The second kappa shape index (κ2) is 7.09. The van der Waals surface area contributed by atoms with Crippen molar-refractivity contribution in [3.05, 3.63) is 69.4 Å². The average Bonchev–Trinajstić information content (AvgIpc) is 2.87. The molecule has 0 fully saturated rings. The average molecular weight is 478 g/mol. The molecule has 0 bridgehead atoms. The molecule has 2 aromatic heterocycles. The minimum Gasteiger partial charge on any atom is -0.493 e. The molecular weight excluding hydrogens is 467 g/mol. The first-order valence-corrected chi connectivity index (χ1v) is 9.82. The lowest BCUT2D eigenvalue weighted by Crippen LogP contribution is -2.24. The standard InChI is InChI=1S/C16H11BrF3N3O4S/c17-13-7-10(5-6-21-13)8-22-9-14(24)23(15(22)25)11-1-3-12(4-2-11)28(26,27)16(18,19)20/h1-7,9,24H,8H2. The van der Waals surface area contributed by atoms with Crippen LogP contribution in [0, 0.1) is 0 Å². The van der Waals surface area contributed by atoms with E-state index in [4.69, 9.17) is 0 Å². The zero-order valence-electron chi connectivity index (χ0n) is 13.8. The Morgan fingerprint density at radius 1 is 1.14 bits per heavy atom. The maximum Gasteiger partial charge on any atom is 0.501 e. The lowest BCUT2D eigenvalue weighted by Gasteiger charge is -2.09. The minimum absolute atomic E-state index is 0.0123. The number of hydrogen-bond donors (Lipinski definition) is 1. The van der Waals surface area contributed by atoms with Crippen molar-refractivity contribution in [1.82, 2.24) is 14.1 Å². The van der Waals surface area contributed by atoms with Gasteiger partial charge in [-0.3, -0.25) is 4.57 Å². The van der Waals surface area contributed by atoms with E-state index in [0.29, 0.717) is 10.2 Å². The highest BCUT2D eigenvalue weighted by molar-refractivity contribution is 9.10. The fourth-order valence-corrected chi connectivity index (χ4v) is 3.65. The van der Waals surface area contributed by atoms with E-state index < -0.39 is 31.8 Å². The largest absolute Gasteiger partial charge is 0.501 e. The van der Waals surface area contributed by atoms with Gasteiger partial charge in [-0.25, -0.2) is 22.8 Å². The van der Waals surface area contributed by atoms with Crippen LogP contribution in [0.3, 0.4) is 0 Å². The van der Waals surface area contributed by atoms with Crippen molar-refractivity contribution in [2.45, 2.75) is 16.9 Å². The minimum atomic E-state index is -5.50. The molecule has 0 aliphatic heterocycles. The molecule has 3 aromatic rings. The molecule has 0 atom stereocenters. The summed E-state index contributed by atoms with van der Waals surface area (Å²) in [7, 11) is -5.50. The van der Waals surface area contributed by atoms with Crippen molar-refractivity contribution >= 4 is 25.8 Å². The molecule has 12 heteroatoms. The van der Waals surface area contributed by atoms with E-state index in [2.05, 4.69) is 20.9 Å². The van der Waals surface area contributed by atoms with Crippen molar-refractivity contribution < 1.29 is 26.7 Å². The summed E-state index contributed by atoms with van der Waals surface area (Å²) in [5.41, 5.74) is -5.36. The SMILES string of the molecule is O=c1n(Cc2ccnc(Br)c2)cc(O)n1-c1ccc(S(=O)(=O)C(F)(F)F)cc1. The number of benzene rings is 1. The Bertz CT molecular complexity index is 1190. The number of aromatic hydroxyl groups is 1. The van der Waals surface area contributed by atoms with E-state index in [1.807, 2.05) is 0 Å². The first kappa shape index (κ1) is 20.1. The number of nitrogens with zero attached hydrogens (tertiary/aromatic N) is 3. The molecule has 2 heterocycles. The number of hydrogen-bond acceptors (Lipinski definition) is 5. The molecule has 28 heavy (non-hydrogen) atoms. The normalized spacial score (nSPS) is 12.3. The Morgan fingerprint density at radius 3 is 2.36 bits per heavy atom. The van der Waals surface area contributed by atoms with Gasteiger partial charge in [0.1, 0.15) is 4.60 Å². The fourth-order valence-electron chi connectivity index (χ4n) is 2.48. The summed E-state index contributed by atoms with van der Waals surface area (Å²) in [6.45, 7) is 0.112. The number of imidazole rings is 1. The van der Waals surface area contributed by atoms with Gasteiger partial charge in [0.25, 0.3) is 9.84 Å². The summed E-state index contributed by atoms with van der Waals surface area (Å²) in [6, 6.07) is 6.81. The van der Waals surface area contributed by atoms with Gasteiger partial charge < -0.3 is 5.11 Å². The van der Waals surface area contributed by atoms with E-state index >= 15 is 0 Å². The molecule has 1 N–H and O–H groups in total. The van der Waals surface area contributed by atoms with Crippen molar-refractivity contribution in [2.75, 3.05) is 0 Å². The third-order valence-corrected chi connectivity index (χ3v) is 5.73. The van der Waals surface area contributed by atoms with Crippen molar-refractivity contribution in [1.29, 1.82) is 0 Å². The Balaban J connectivity index is 1.97. The van der Waals surface area contributed by atoms with Gasteiger partial charge in [0.2, 0.25) is 5.88 Å². The number of alkyl halides is 3. The third-order valence-electron chi connectivity index (χ3n) is 3.79. The molecule has 3 rings (SSSR count). The fraction of sp³-hybridized carbons (Fsp3) is 0.125. The molecular formula is C16H11BrF3N3O4S. The highest BCUT2D eigenvalue weighted by atomic mass is 79.9. The Labute approximate surface area is 164 Å². The predicted molar refractivity (Wildman–Crippen MR) is 96.0 cm³/mol. The molecule has 1 aromatic carbocycles. The molecule has 0 saturated heterocycles. The number of halogens is 4. The Kier molecular flexibility index (Phi) is 5.10. The van der Waals surface area contributed by atoms with Crippen molar-refractivity contribution in [2.24, 2.45) is 0 Å². The third kappa shape index (κ3) is 3.69. The summed E-state index contributed by atoms with van der Waals surface area (Å²) in [6.07, 6.45) is 2.69. The summed E-state index contributed by atoms with van der Waals surface area (Å²) in [5.74, 6) is -0.454. The maximum atomic E-state index is 12.6. The zero-order valence-corrected chi connectivity index (χ0v) is 16.2. The number of sulfone groups is 1. The van der Waals surface area contributed by atoms with Crippen LogP contribution < -0.4 is 5.69 Å². The van der Waals surface area contributed by atoms with Gasteiger partial charge in [-0.15, -0.1) is 0 Å². The molecule has 7 nitrogen and oxygen atoms in total. The molecule has 0 amide bonds. The first-order chi connectivity index (χ1) is 13.0. The molecule has 148 valence electrons. The van der Waals surface area contributed by atoms with Crippen LogP contribution in [0.2, 0.25) is 0 Å². The van der Waals surface area contributed by atoms with Crippen LogP contribution in [-0.2, 0) is 16.4 Å². The van der Waals surface area contributed by atoms with Crippen LogP contribution in [0.5, 0.6) is 5.88 Å². The van der Waals surface area contributed by atoms with Crippen molar-refractivity contribution in [3.8, 4) is 11.6 Å². The van der Waals surface area contributed by atoms with E-state index in [-0.39, 0.29) is 12.2 Å². The zero-order chi connectivity index (χ0) is 20.7.